The van der Waals surface area contributed by atoms with Gasteiger partial charge in [0.25, 0.3) is 0 Å². The topological polar surface area (TPSA) is 9.23 Å². The average molecular weight is 353 g/mol. The summed E-state index contributed by atoms with van der Waals surface area (Å²) in [7, 11) is 0. The fourth-order valence-electron chi connectivity index (χ4n) is 1.68. The summed E-state index contributed by atoms with van der Waals surface area (Å²) in [4.78, 5) is 0. The molecule has 1 aromatic carbocycles. The number of alkyl halides is 1. The number of benzene rings is 1. The molecule has 0 spiro atoms. The third kappa shape index (κ3) is 4.22. The summed E-state index contributed by atoms with van der Waals surface area (Å²) in [6.07, 6.45) is 2.65. The molecule has 0 saturated carbocycles. The lowest BCUT2D eigenvalue weighted by molar-refractivity contribution is 0.00686. The standard InChI is InChI=1S/C13H18ClIO/c1-3-6-10(2)16-13(9-15)11-7-4-5-8-12(11)14/h4-5,7-8,10,13H,3,6,9H2,1-2H3. The molecule has 2 unspecified atom stereocenters. The lowest BCUT2D eigenvalue weighted by atomic mass is 10.1. The molecule has 1 rings (SSSR count). The second-order valence-corrected chi connectivity index (χ2v) is 5.19. The second kappa shape index (κ2) is 7.51. The van der Waals surface area contributed by atoms with Crippen LogP contribution in [0.2, 0.25) is 5.02 Å². The Labute approximate surface area is 117 Å². The first-order chi connectivity index (χ1) is 7.69. The maximum Gasteiger partial charge on any atom is 0.0932 e. The van der Waals surface area contributed by atoms with Crippen molar-refractivity contribution in [3.8, 4) is 0 Å². The average Bonchev–Trinajstić information content (AvgIpc) is 2.27. The van der Waals surface area contributed by atoms with Gasteiger partial charge in [0.1, 0.15) is 0 Å². The van der Waals surface area contributed by atoms with E-state index >= 15 is 0 Å². The Morgan fingerprint density at radius 2 is 2.06 bits per heavy atom. The van der Waals surface area contributed by atoms with E-state index in [-0.39, 0.29) is 6.10 Å². The van der Waals surface area contributed by atoms with E-state index in [0.29, 0.717) is 6.10 Å². The highest BCUT2D eigenvalue weighted by Crippen LogP contribution is 2.28. The summed E-state index contributed by atoms with van der Waals surface area (Å²) in [5.74, 6) is 0. The molecule has 0 aromatic heterocycles. The fourth-order valence-corrected chi connectivity index (χ4v) is 2.62. The van der Waals surface area contributed by atoms with Crippen LogP contribution in [0.4, 0.5) is 0 Å². The molecule has 3 heteroatoms. The lowest BCUT2D eigenvalue weighted by Crippen LogP contribution is -2.15. The third-order valence-electron chi connectivity index (χ3n) is 2.48. The van der Waals surface area contributed by atoms with Crippen LogP contribution in [0.3, 0.4) is 0 Å². The van der Waals surface area contributed by atoms with Gasteiger partial charge in [-0.25, -0.2) is 0 Å². The summed E-state index contributed by atoms with van der Waals surface area (Å²) in [5.41, 5.74) is 1.10. The SMILES string of the molecule is CCCC(C)OC(CI)c1ccccc1Cl. The van der Waals surface area contributed by atoms with Crippen LogP contribution in [-0.4, -0.2) is 10.5 Å². The van der Waals surface area contributed by atoms with Crippen LogP contribution in [0.5, 0.6) is 0 Å². The Morgan fingerprint density at radius 3 is 2.62 bits per heavy atom. The maximum atomic E-state index is 6.17. The van der Waals surface area contributed by atoms with Crippen LogP contribution in [0, 0.1) is 0 Å². The van der Waals surface area contributed by atoms with Gasteiger partial charge in [0.15, 0.2) is 0 Å². The highest BCUT2D eigenvalue weighted by atomic mass is 127. The number of hydrogen-bond acceptors (Lipinski definition) is 1. The van der Waals surface area contributed by atoms with Crippen LogP contribution in [0.25, 0.3) is 0 Å². The molecule has 16 heavy (non-hydrogen) atoms. The fraction of sp³-hybridized carbons (Fsp3) is 0.538. The van der Waals surface area contributed by atoms with Gasteiger partial charge in [0, 0.05) is 15.0 Å². The van der Waals surface area contributed by atoms with E-state index < -0.39 is 0 Å². The Kier molecular flexibility index (Phi) is 6.70. The van der Waals surface area contributed by atoms with Crippen molar-refractivity contribution in [2.24, 2.45) is 0 Å². The minimum absolute atomic E-state index is 0.107. The molecule has 1 aromatic rings. The van der Waals surface area contributed by atoms with Crippen molar-refractivity contribution in [3.05, 3.63) is 34.9 Å². The van der Waals surface area contributed by atoms with Gasteiger partial charge in [0.05, 0.1) is 12.2 Å². The number of hydrogen-bond donors (Lipinski definition) is 0. The van der Waals surface area contributed by atoms with E-state index in [9.17, 15) is 0 Å². The minimum atomic E-state index is 0.107. The maximum absolute atomic E-state index is 6.17. The zero-order chi connectivity index (χ0) is 12.0. The van der Waals surface area contributed by atoms with Gasteiger partial charge < -0.3 is 4.74 Å². The summed E-state index contributed by atoms with van der Waals surface area (Å²) >= 11 is 8.52. The van der Waals surface area contributed by atoms with Crippen molar-refractivity contribution >= 4 is 34.2 Å². The molecule has 0 N–H and O–H groups in total. The Morgan fingerprint density at radius 1 is 1.38 bits per heavy atom. The van der Waals surface area contributed by atoms with E-state index in [4.69, 9.17) is 16.3 Å². The molecule has 0 bridgehead atoms. The van der Waals surface area contributed by atoms with Crippen LogP contribution in [0.15, 0.2) is 24.3 Å². The van der Waals surface area contributed by atoms with Gasteiger partial charge in [0.2, 0.25) is 0 Å². The highest BCUT2D eigenvalue weighted by molar-refractivity contribution is 14.1. The highest BCUT2D eigenvalue weighted by Gasteiger charge is 2.16. The lowest BCUT2D eigenvalue weighted by Gasteiger charge is -2.21. The molecule has 0 aliphatic heterocycles. The molecular weight excluding hydrogens is 334 g/mol. The van der Waals surface area contributed by atoms with Gasteiger partial charge in [-0.2, -0.15) is 0 Å². The first-order valence-corrected chi connectivity index (χ1v) is 7.55. The minimum Gasteiger partial charge on any atom is -0.370 e. The second-order valence-electron chi connectivity index (χ2n) is 3.90. The predicted octanol–water partition coefficient (Wildman–Crippen LogP) is 5.02. The molecule has 0 radical (unpaired) electrons. The largest absolute Gasteiger partial charge is 0.370 e. The summed E-state index contributed by atoms with van der Waals surface area (Å²) in [5, 5.41) is 0.799. The van der Waals surface area contributed by atoms with Gasteiger partial charge in [-0.1, -0.05) is 65.7 Å². The number of ether oxygens (including phenoxy) is 1. The first kappa shape index (κ1) is 14.3. The Hall–Kier alpha value is 0.200. The van der Waals surface area contributed by atoms with Gasteiger partial charge in [-0.15, -0.1) is 0 Å². The van der Waals surface area contributed by atoms with E-state index in [1.165, 1.54) is 0 Å². The zero-order valence-corrected chi connectivity index (χ0v) is 12.7. The molecule has 0 heterocycles. The summed E-state index contributed by atoms with van der Waals surface area (Å²) < 4.78 is 6.94. The van der Waals surface area contributed by atoms with Crippen LogP contribution < -0.4 is 0 Å². The van der Waals surface area contributed by atoms with Crippen LogP contribution >= 0.6 is 34.2 Å². The molecule has 0 fully saturated rings. The Bertz CT molecular complexity index is 317. The molecule has 0 saturated heterocycles. The van der Waals surface area contributed by atoms with E-state index in [1.54, 1.807) is 0 Å². The first-order valence-electron chi connectivity index (χ1n) is 5.64. The van der Waals surface area contributed by atoms with Crippen molar-refractivity contribution in [2.75, 3.05) is 4.43 Å². The van der Waals surface area contributed by atoms with Gasteiger partial charge >= 0.3 is 0 Å². The molecule has 0 amide bonds. The van der Waals surface area contributed by atoms with Gasteiger partial charge in [-0.05, 0) is 19.4 Å². The normalized spacial score (nSPS) is 14.8. The molecule has 0 aliphatic rings. The molecule has 1 nitrogen and oxygen atoms in total. The van der Waals surface area contributed by atoms with Crippen molar-refractivity contribution < 1.29 is 4.74 Å². The monoisotopic (exact) mass is 352 g/mol. The van der Waals surface area contributed by atoms with Crippen molar-refractivity contribution in [1.29, 1.82) is 0 Å². The van der Waals surface area contributed by atoms with Crippen molar-refractivity contribution in [1.82, 2.24) is 0 Å². The molecule has 2 atom stereocenters. The molecule has 90 valence electrons. The van der Waals surface area contributed by atoms with Crippen molar-refractivity contribution in [3.63, 3.8) is 0 Å². The Balaban J connectivity index is 2.71. The van der Waals surface area contributed by atoms with E-state index in [0.717, 1.165) is 27.9 Å². The van der Waals surface area contributed by atoms with Crippen LogP contribution in [0.1, 0.15) is 38.4 Å². The summed E-state index contributed by atoms with van der Waals surface area (Å²) in [6, 6.07) is 7.92. The molecule has 0 aliphatic carbocycles. The van der Waals surface area contributed by atoms with Gasteiger partial charge in [-0.3, -0.25) is 0 Å². The molecular formula is C13H18ClIO. The quantitative estimate of drug-likeness (QED) is 0.516. The van der Waals surface area contributed by atoms with Crippen molar-refractivity contribution in [2.45, 2.75) is 38.9 Å². The third-order valence-corrected chi connectivity index (χ3v) is 3.63. The van der Waals surface area contributed by atoms with E-state index in [1.807, 2.05) is 24.3 Å². The van der Waals surface area contributed by atoms with E-state index in [2.05, 4.69) is 36.4 Å². The van der Waals surface area contributed by atoms with Crippen LogP contribution in [-0.2, 0) is 4.74 Å². The predicted molar refractivity (Wildman–Crippen MR) is 78.5 cm³/mol. The summed E-state index contributed by atoms with van der Waals surface area (Å²) in [6.45, 7) is 4.30. The smallest absolute Gasteiger partial charge is 0.0932 e. The zero-order valence-electron chi connectivity index (χ0n) is 9.75. The number of rotatable bonds is 6. The number of halogens is 2.